The number of hydrogen-bond acceptors (Lipinski definition) is 5. The average molecular weight is 422 g/mol. The van der Waals surface area contributed by atoms with Gasteiger partial charge in [-0.2, -0.15) is 0 Å². The molecule has 1 amide bonds. The maximum Gasteiger partial charge on any atom is 0.227 e. The summed E-state index contributed by atoms with van der Waals surface area (Å²) in [6.07, 6.45) is 0.443. The van der Waals surface area contributed by atoms with Gasteiger partial charge in [-0.3, -0.25) is 9.69 Å². The summed E-state index contributed by atoms with van der Waals surface area (Å²) in [4.78, 5) is 21.8. The Balaban J connectivity index is 1.25. The topological polar surface area (TPSA) is 45.7 Å². The molecule has 1 saturated heterocycles. The van der Waals surface area contributed by atoms with E-state index in [1.54, 1.807) is 11.3 Å². The van der Waals surface area contributed by atoms with Crippen LogP contribution in [0.1, 0.15) is 18.2 Å². The number of carbonyl (C=O) groups excluding carboxylic acids is 1. The number of thiazole rings is 1. The van der Waals surface area contributed by atoms with E-state index >= 15 is 0 Å². The van der Waals surface area contributed by atoms with Crippen molar-refractivity contribution in [1.82, 2.24) is 14.8 Å². The number of carbonyl (C=O) groups is 1. The summed E-state index contributed by atoms with van der Waals surface area (Å²) in [5.74, 6) is 1.04. The normalized spacial score (nSPS) is 14.6. The maximum absolute atomic E-state index is 12.7. The molecule has 0 saturated carbocycles. The molecule has 0 radical (unpaired) electrons. The van der Waals surface area contributed by atoms with Gasteiger partial charge in [0.2, 0.25) is 5.91 Å². The van der Waals surface area contributed by atoms with Gasteiger partial charge in [0, 0.05) is 43.7 Å². The SMILES string of the molecule is CCOc1ccc(CC(=O)N2CCN(Cc3csc(-c4ccccc4)n3)CC2)cc1. The van der Waals surface area contributed by atoms with Gasteiger partial charge < -0.3 is 9.64 Å². The lowest BCUT2D eigenvalue weighted by atomic mass is 10.1. The molecule has 0 bridgehead atoms. The van der Waals surface area contributed by atoms with E-state index in [4.69, 9.17) is 9.72 Å². The molecule has 0 N–H and O–H groups in total. The third-order valence-corrected chi connectivity index (χ3v) is 6.21. The largest absolute Gasteiger partial charge is 0.494 e. The van der Waals surface area contributed by atoms with Gasteiger partial charge in [0.05, 0.1) is 18.7 Å². The molecule has 5 nitrogen and oxygen atoms in total. The predicted octanol–water partition coefficient (Wildman–Crippen LogP) is 4.10. The summed E-state index contributed by atoms with van der Waals surface area (Å²) in [5.41, 5.74) is 3.30. The minimum absolute atomic E-state index is 0.193. The molecule has 2 heterocycles. The highest BCUT2D eigenvalue weighted by atomic mass is 32.1. The summed E-state index contributed by atoms with van der Waals surface area (Å²) in [6, 6.07) is 18.1. The second-order valence-corrected chi connectivity index (χ2v) is 8.28. The maximum atomic E-state index is 12.7. The van der Waals surface area contributed by atoms with Crippen molar-refractivity contribution >= 4 is 17.2 Å². The number of amides is 1. The van der Waals surface area contributed by atoms with Gasteiger partial charge in [0.25, 0.3) is 0 Å². The van der Waals surface area contributed by atoms with Crippen LogP contribution in [0.25, 0.3) is 10.6 Å². The molecule has 6 heteroatoms. The number of nitrogens with zero attached hydrogens (tertiary/aromatic N) is 3. The van der Waals surface area contributed by atoms with Crippen LogP contribution in [0.15, 0.2) is 60.0 Å². The van der Waals surface area contributed by atoms with Crippen LogP contribution in [0.2, 0.25) is 0 Å². The molecule has 4 rings (SSSR count). The molecule has 1 aliphatic rings. The molecule has 156 valence electrons. The minimum Gasteiger partial charge on any atom is -0.494 e. The van der Waals surface area contributed by atoms with Crippen molar-refractivity contribution in [2.24, 2.45) is 0 Å². The van der Waals surface area contributed by atoms with Crippen molar-refractivity contribution in [3.8, 4) is 16.3 Å². The van der Waals surface area contributed by atoms with Gasteiger partial charge >= 0.3 is 0 Å². The van der Waals surface area contributed by atoms with Crippen LogP contribution in [-0.2, 0) is 17.8 Å². The van der Waals surface area contributed by atoms with Crippen molar-refractivity contribution < 1.29 is 9.53 Å². The Morgan fingerprint density at radius 1 is 1.03 bits per heavy atom. The molecule has 30 heavy (non-hydrogen) atoms. The van der Waals surface area contributed by atoms with Crippen molar-refractivity contribution in [3.63, 3.8) is 0 Å². The number of ether oxygens (including phenoxy) is 1. The number of benzene rings is 2. The Kier molecular flexibility index (Phi) is 6.77. The Bertz CT molecular complexity index is 948. The van der Waals surface area contributed by atoms with Crippen molar-refractivity contribution in [2.75, 3.05) is 32.8 Å². The highest BCUT2D eigenvalue weighted by Crippen LogP contribution is 2.24. The highest BCUT2D eigenvalue weighted by Gasteiger charge is 2.22. The van der Waals surface area contributed by atoms with E-state index < -0.39 is 0 Å². The summed E-state index contributed by atoms with van der Waals surface area (Å²) >= 11 is 1.69. The van der Waals surface area contributed by atoms with Crippen LogP contribution in [-0.4, -0.2) is 53.5 Å². The fraction of sp³-hybridized carbons (Fsp3) is 0.333. The van der Waals surface area contributed by atoms with E-state index in [2.05, 4.69) is 22.4 Å². The minimum atomic E-state index is 0.193. The first-order valence-corrected chi connectivity index (χ1v) is 11.3. The Morgan fingerprint density at radius 3 is 2.47 bits per heavy atom. The fourth-order valence-corrected chi connectivity index (χ4v) is 4.45. The van der Waals surface area contributed by atoms with Gasteiger partial charge in [0.15, 0.2) is 0 Å². The quantitative estimate of drug-likeness (QED) is 0.576. The summed E-state index contributed by atoms with van der Waals surface area (Å²) in [5, 5.41) is 3.21. The van der Waals surface area contributed by atoms with Crippen molar-refractivity contribution in [1.29, 1.82) is 0 Å². The highest BCUT2D eigenvalue weighted by molar-refractivity contribution is 7.13. The first-order chi connectivity index (χ1) is 14.7. The van der Waals surface area contributed by atoms with E-state index in [9.17, 15) is 4.79 Å². The van der Waals surface area contributed by atoms with Crippen LogP contribution < -0.4 is 4.74 Å². The van der Waals surface area contributed by atoms with Gasteiger partial charge in [-0.15, -0.1) is 11.3 Å². The summed E-state index contributed by atoms with van der Waals surface area (Å²) in [7, 11) is 0. The van der Waals surface area contributed by atoms with E-state index in [1.165, 1.54) is 5.56 Å². The zero-order valence-corrected chi connectivity index (χ0v) is 18.1. The van der Waals surface area contributed by atoms with Crippen molar-refractivity contribution in [3.05, 3.63) is 71.2 Å². The van der Waals surface area contributed by atoms with E-state index in [0.29, 0.717) is 13.0 Å². The molecule has 2 aromatic carbocycles. The fourth-order valence-electron chi connectivity index (χ4n) is 3.63. The summed E-state index contributed by atoms with van der Waals surface area (Å²) < 4.78 is 5.46. The van der Waals surface area contributed by atoms with Crippen LogP contribution in [0.4, 0.5) is 0 Å². The van der Waals surface area contributed by atoms with Gasteiger partial charge in [0.1, 0.15) is 10.8 Å². The van der Waals surface area contributed by atoms with Crippen molar-refractivity contribution in [2.45, 2.75) is 19.9 Å². The lowest BCUT2D eigenvalue weighted by Gasteiger charge is -2.34. The number of rotatable bonds is 7. The molecule has 0 aliphatic carbocycles. The summed E-state index contributed by atoms with van der Waals surface area (Å²) in [6.45, 7) is 6.76. The first-order valence-electron chi connectivity index (χ1n) is 10.4. The van der Waals surface area contributed by atoms with Crippen LogP contribution in [0, 0.1) is 0 Å². The number of piperazine rings is 1. The smallest absolute Gasteiger partial charge is 0.227 e. The molecule has 1 aromatic heterocycles. The van der Waals surface area contributed by atoms with E-state index in [-0.39, 0.29) is 5.91 Å². The molecule has 1 aliphatic heterocycles. The Labute approximate surface area is 181 Å². The lowest BCUT2D eigenvalue weighted by molar-refractivity contribution is -0.132. The molecule has 0 unspecified atom stereocenters. The Hall–Kier alpha value is -2.70. The Morgan fingerprint density at radius 2 is 1.77 bits per heavy atom. The zero-order valence-electron chi connectivity index (χ0n) is 17.3. The lowest BCUT2D eigenvalue weighted by Crippen LogP contribution is -2.48. The second kappa shape index (κ2) is 9.87. The molecule has 0 spiro atoms. The standard InChI is InChI=1S/C24H27N3O2S/c1-2-29-22-10-8-19(9-11-22)16-23(28)27-14-12-26(13-15-27)17-21-18-30-24(25-21)20-6-4-3-5-7-20/h3-11,18H,2,12-17H2,1H3. The van der Waals surface area contributed by atoms with E-state index in [0.717, 1.165) is 54.7 Å². The number of hydrogen-bond donors (Lipinski definition) is 0. The van der Waals surface area contributed by atoms with Crippen LogP contribution >= 0.6 is 11.3 Å². The van der Waals surface area contributed by atoms with Crippen LogP contribution in [0.3, 0.4) is 0 Å². The molecule has 1 fully saturated rings. The predicted molar refractivity (Wildman–Crippen MR) is 121 cm³/mol. The molecule has 3 aromatic rings. The van der Waals surface area contributed by atoms with Gasteiger partial charge in [-0.25, -0.2) is 4.98 Å². The van der Waals surface area contributed by atoms with E-state index in [1.807, 2.05) is 54.3 Å². The molecule has 0 atom stereocenters. The first kappa shape index (κ1) is 20.6. The average Bonchev–Trinajstić information content (AvgIpc) is 3.25. The van der Waals surface area contributed by atoms with Gasteiger partial charge in [-0.05, 0) is 24.6 Å². The molecular formula is C24H27N3O2S. The zero-order chi connectivity index (χ0) is 20.8. The monoisotopic (exact) mass is 421 g/mol. The number of aromatic nitrogens is 1. The third-order valence-electron chi connectivity index (χ3n) is 5.27. The molecular weight excluding hydrogens is 394 g/mol. The van der Waals surface area contributed by atoms with Crippen LogP contribution in [0.5, 0.6) is 5.75 Å². The van der Waals surface area contributed by atoms with Gasteiger partial charge in [-0.1, -0.05) is 42.5 Å². The third kappa shape index (κ3) is 5.26. The second-order valence-electron chi connectivity index (χ2n) is 7.42.